The lowest BCUT2D eigenvalue weighted by molar-refractivity contribution is 0.256. The maximum absolute atomic E-state index is 12.9. The monoisotopic (exact) mass is 506 g/mol. The van der Waals surface area contributed by atoms with E-state index in [0.717, 1.165) is 21.5 Å². The van der Waals surface area contributed by atoms with Crippen molar-refractivity contribution in [2.75, 3.05) is 5.32 Å². The second kappa shape index (κ2) is 9.61. The second-order valence-electron chi connectivity index (χ2n) is 6.99. The number of carbonyl (C=O) groups excluding carboxylic acids is 1. The molecule has 0 unspecified atom stereocenters. The van der Waals surface area contributed by atoms with Gasteiger partial charge in [-0.15, -0.1) is 11.3 Å². The Morgan fingerprint density at radius 2 is 1.82 bits per heavy atom. The van der Waals surface area contributed by atoms with E-state index in [9.17, 15) is 22.8 Å². The first-order valence-electron chi connectivity index (χ1n) is 9.38. The molecule has 0 fully saturated rings. The van der Waals surface area contributed by atoms with Gasteiger partial charge in [-0.1, -0.05) is 29.8 Å². The van der Waals surface area contributed by atoms with Crippen LogP contribution in [0.4, 0.5) is 10.5 Å². The lowest BCUT2D eigenvalue weighted by Gasteiger charge is -2.10. The van der Waals surface area contributed by atoms with E-state index in [1.807, 2.05) is 18.6 Å². The molecule has 3 aromatic rings. The first kappa shape index (κ1) is 24.2. The number of hydrogen-bond acceptors (Lipinski definition) is 6. The average Bonchev–Trinajstić information content (AvgIpc) is 3.16. The van der Waals surface area contributed by atoms with Gasteiger partial charge in [-0.2, -0.15) is 0 Å². The third-order valence-electron chi connectivity index (χ3n) is 4.23. The van der Waals surface area contributed by atoms with Crippen molar-refractivity contribution in [1.29, 1.82) is 0 Å². The fraction of sp³-hybridized carbons (Fsp3) is 0.0952. The van der Waals surface area contributed by atoms with Crippen molar-refractivity contribution in [2.45, 2.75) is 18.1 Å². The molecule has 9 nitrogen and oxygen atoms in total. The second-order valence-corrected chi connectivity index (χ2v) is 10.6. The van der Waals surface area contributed by atoms with Gasteiger partial charge in [-0.3, -0.25) is 4.79 Å². The Labute approximate surface area is 198 Å². The highest BCUT2D eigenvalue weighted by Gasteiger charge is 2.20. The van der Waals surface area contributed by atoms with Crippen molar-refractivity contribution in [2.24, 2.45) is 0 Å². The van der Waals surface area contributed by atoms with Gasteiger partial charge in [-0.25, -0.2) is 27.3 Å². The Kier molecular flexibility index (Phi) is 7.06. The van der Waals surface area contributed by atoms with Crippen molar-refractivity contribution >= 4 is 56.8 Å². The summed E-state index contributed by atoms with van der Waals surface area (Å²) >= 11 is 6.55. The number of benzene rings is 1. The van der Waals surface area contributed by atoms with Gasteiger partial charge in [0.15, 0.2) is 0 Å². The first-order valence-corrected chi connectivity index (χ1v) is 12.1. The van der Waals surface area contributed by atoms with Crippen LogP contribution in [-0.4, -0.2) is 24.0 Å². The lowest BCUT2D eigenvalue weighted by atomic mass is 10.1. The van der Waals surface area contributed by atoms with Gasteiger partial charge in [0.25, 0.3) is 15.6 Å². The number of nitrogens with zero attached hydrogens (tertiary/aromatic N) is 1. The standard InChI is InChI=1S/C21H19ClN4O5S2/c1-4-15-16(11-12(2)3)24-21(29)26(19(15)27)14-7-5-13(6-8-14)23-20(28)25-33(30,31)18-10-9-17(22)32-18/h4-11H,1H2,2-3H3,(H,24,29)(H2,23,25,28). The molecule has 0 saturated carbocycles. The first-order chi connectivity index (χ1) is 15.5. The van der Waals surface area contributed by atoms with Gasteiger partial charge in [0.1, 0.15) is 4.21 Å². The zero-order valence-corrected chi connectivity index (χ0v) is 19.9. The maximum atomic E-state index is 12.9. The van der Waals surface area contributed by atoms with Crippen molar-refractivity contribution in [3.63, 3.8) is 0 Å². The molecular weight excluding hydrogens is 488 g/mol. The SMILES string of the molecule is C=Cc1c(C=C(C)C)[nH]c(=O)n(-c2ccc(NC(=O)NS(=O)(=O)c3ccc(Cl)s3)cc2)c1=O. The minimum atomic E-state index is -4.07. The molecule has 0 aliphatic heterocycles. The van der Waals surface area contributed by atoms with Crippen LogP contribution in [0.3, 0.4) is 0 Å². The molecule has 0 radical (unpaired) electrons. The Bertz CT molecular complexity index is 1480. The molecule has 2 heterocycles. The summed E-state index contributed by atoms with van der Waals surface area (Å²) in [6, 6.07) is 7.43. The summed E-state index contributed by atoms with van der Waals surface area (Å²) in [4.78, 5) is 40.2. The van der Waals surface area contributed by atoms with Crippen LogP contribution in [0.5, 0.6) is 0 Å². The molecule has 0 aliphatic carbocycles. The third-order valence-corrected chi connectivity index (χ3v) is 7.28. The summed E-state index contributed by atoms with van der Waals surface area (Å²) < 4.78 is 27.4. The van der Waals surface area contributed by atoms with Crippen LogP contribution >= 0.6 is 22.9 Å². The number of anilines is 1. The summed E-state index contributed by atoms with van der Waals surface area (Å²) in [5.41, 5.74) is 0.780. The average molecular weight is 507 g/mol. The molecule has 3 rings (SSSR count). The Morgan fingerprint density at radius 3 is 2.36 bits per heavy atom. The van der Waals surface area contributed by atoms with E-state index in [0.29, 0.717) is 5.69 Å². The molecule has 0 saturated heterocycles. The number of nitrogens with one attached hydrogen (secondary N) is 3. The topological polar surface area (TPSA) is 130 Å². The third kappa shape index (κ3) is 5.51. The molecule has 0 bridgehead atoms. The number of H-pyrrole nitrogens is 1. The summed E-state index contributed by atoms with van der Waals surface area (Å²) in [5, 5.41) is 2.38. The van der Waals surface area contributed by atoms with Crippen molar-refractivity contribution in [1.82, 2.24) is 14.3 Å². The van der Waals surface area contributed by atoms with Gasteiger partial charge in [0.05, 0.1) is 21.3 Å². The summed E-state index contributed by atoms with van der Waals surface area (Å²) in [7, 11) is -4.07. The highest BCUT2D eigenvalue weighted by Crippen LogP contribution is 2.25. The molecule has 2 aromatic heterocycles. The van der Waals surface area contributed by atoms with E-state index in [1.54, 1.807) is 6.08 Å². The number of sulfonamides is 1. The maximum Gasteiger partial charge on any atom is 0.333 e. The van der Waals surface area contributed by atoms with Crippen LogP contribution in [-0.2, 0) is 10.0 Å². The number of rotatable bonds is 6. The van der Waals surface area contributed by atoms with Crippen molar-refractivity contribution < 1.29 is 13.2 Å². The minimum absolute atomic E-state index is 0.105. The Morgan fingerprint density at radius 1 is 1.15 bits per heavy atom. The van der Waals surface area contributed by atoms with Gasteiger partial charge in [0.2, 0.25) is 0 Å². The van der Waals surface area contributed by atoms with E-state index in [1.165, 1.54) is 42.5 Å². The number of carbonyl (C=O) groups is 1. The van der Waals surface area contributed by atoms with Crippen LogP contribution in [0.25, 0.3) is 17.8 Å². The number of urea groups is 1. The number of halogens is 1. The molecule has 0 spiro atoms. The molecule has 0 atom stereocenters. The summed E-state index contributed by atoms with van der Waals surface area (Å²) in [6.45, 7) is 7.31. The van der Waals surface area contributed by atoms with Crippen molar-refractivity contribution in [3.05, 3.63) is 85.0 Å². The summed E-state index contributed by atoms with van der Waals surface area (Å²) in [6.07, 6.45) is 3.04. The summed E-state index contributed by atoms with van der Waals surface area (Å²) in [5.74, 6) is 0. The van der Waals surface area contributed by atoms with Crippen molar-refractivity contribution in [3.8, 4) is 5.69 Å². The molecule has 12 heteroatoms. The predicted octanol–water partition coefficient (Wildman–Crippen LogP) is 3.82. The quantitative estimate of drug-likeness (QED) is 0.468. The largest absolute Gasteiger partial charge is 0.333 e. The molecule has 33 heavy (non-hydrogen) atoms. The zero-order chi connectivity index (χ0) is 24.3. The van der Waals surface area contributed by atoms with Gasteiger partial charge in [-0.05, 0) is 56.3 Å². The molecule has 1 aromatic carbocycles. The van der Waals surface area contributed by atoms with Gasteiger partial charge < -0.3 is 10.3 Å². The van der Waals surface area contributed by atoms with E-state index in [4.69, 9.17) is 11.6 Å². The van der Waals surface area contributed by atoms with Crippen LogP contribution in [0.1, 0.15) is 25.1 Å². The Hall–Kier alpha value is -3.41. The fourth-order valence-electron chi connectivity index (χ4n) is 2.87. The smallest absolute Gasteiger partial charge is 0.307 e. The number of aromatic amines is 1. The highest BCUT2D eigenvalue weighted by atomic mass is 35.5. The molecule has 2 amide bonds. The van der Waals surface area contributed by atoms with E-state index in [-0.39, 0.29) is 25.5 Å². The number of amides is 2. The minimum Gasteiger partial charge on any atom is -0.307 e. The van der Waals surface area contributed by atoms with Crippen LogP contribution < -0.4 is 21.3 Å². The molecule has 172 valence electrons. The predicted molar refractivity (Wildman–Crippen MR) is 131 cm³/mol. The van der Waals surface area contributed by atoms with E-state index < -0.39 is 27.3 Å². The molecule has 3 N–H and O–H groups in total. The van der Waals surface area contributed by atoms with Crippen LogP contribution in [0.15, 0.2) is 62.3 Å². The van der Waals surface area contributed by atoms with Crippen LogP contribution in [0.2, 0.25) is 4.34 Å². The highest BCUT2D eigenvalue weighted by molar-refractivity contribution is 7.92. The van der Waals surface area contributed by atoms with Gasteiger partial charge >= 0.3 is 11.7 Å². The molecular formula is C21H19ClN4O5S2. The van der Waals surface area contributed by atoms with E-state index >= 15 is 0 Å². The van der Waals surface area contributed by atoms with Gasteiger partial charge in [0, 0.05) is 5.69 Å². The number of allylic oxidation sites excluding steroid dienone is 1. The normalized spacial score (nSPS) is 11.0. The number of aromatic nitrogens is 2. The fourth-order valence-corrected chi connectivity index (χ4v) is 5.26. The number of hydrogen-bond donors (Lipinski definition) is 3. The molecule has 0 aliphatic rings. The Balaban J connectivity index is 1.84. The van der Waals surface area contributed by atoms with Crippen LogP contribution in [0, 0.1) is 0 Å². The zero-order valence-electron chi connectivity index (χ0n) is 17.5. The lowest BCUT2D eigenvalue weighted by Crippen LogP contribution is -2.36. The number of thiophene rings is 1. The van der Waals surface area contributed by atoms with E-state index in [2.05, 4.69) is 16.9 Å².